The van der Waals surface area contributed by atoms with Crippen LogP contribution >= 0.6 is 0 Å². The molecule has 8 aromatic rings. The molecule has 0 amide bonds. The molecule has 4 N–H and O–H groups in total. The highest BCUT2D eigenvalue weighted by Crippen LogP contribution is 2.39. The van der Waals surface area contributed by atoms with Crippen LogP contribution in [-0.2, 0) is 65.9 Å². The smallest absolute Gasteiger partial charge is 0.230 e. The van der Waals surface area contributed by atoms with E-state index in [2.05, 4.69) is 81.0 Å². The van der Waals surface area contributed by atoms with Crippen molar-refractivity contribution in [2.24, 2.45) is 0 Å². The van der Waals surface area contributed by atoms with Gasteiger partial charge >= 0.3 is 0 Å². The third-order valence-electron chi connectivity index (χ3n) is 20.0. The molecular formula is C68H86N18O9S3. The third-order valence-corrected chi connectivity index (χ3v) is 24.4. The molecule has 0 saturated carbocycles. The average molecular weight is 1400 g/mol. The van der Waals surface area contributed by atoms with Gasteiger partial charge in [0.1, 0.15) is 37.8 Å². The first-order chi connectivity index (χ1) is 48.1. The van der Waals surface area contributed by atoms with Crippen molar-refractivity contribution in [2.75, 3.05) is 127 Å². The molecule has 16 heterocycles. The molecule has 30 heteroatoms. The zero-order valence-electron chi connectivity index (χ0n) is 55.6. The van der Waals surface area contributed by atoms with Gasteiger partial charge in [0.15, 0.2) is 11.6 Å². The molecule has 0 bridgehead atoms. The summed E-state index contributed by atoms with van der Waals surface area (Å²) in [6.45, 7) is 13.7. The fourth-order valence-electron chi connectivity index (χ4n) is 14.3. The van der Waals surface area contributed by atoms with Crippen molar-refractivity contribution in [3.63, 3.8) is 0 Å². The molecule has 3 atom stereocenters. The molecular weight excluding hydrogens is 1310 g/mol. The maximum absolute atomic E-state index is 12.6. The maximum atomic E-state index is 12.6. The summed E-state index contributed by atoms with van der Waals surface area (Å²) in [6.07, 6.45) is 15.2. The highest BCUT2D eigenvalue weighted by Gasteiger charge is 2.36. The largest absolute Gasteiger partial charge is 0.463 e. The van der Waals surface area contributed by atoms with E-state index in [1.54, 1.807) is 6.26 Å². The van der Waals surface area contributed by atoms with Gasteiger partial charge in [0.25, 0.3) is 0 Å². The Labute approximate surface area is 576 Å². The topological polar surface area (TPSA) is 322 Å². The fraction of sp³-hybridized carbons (Fsp3) is 0.574. The molecule has 9 aliphatic rings. The lowest BCUT2D eigenvalue weighted by molar-refractivity contribution is 0.0902. The summed E-state index contributed by atoms with van der Waals surface area (Å²) in [4.78, 5) is 47.5. The Hall–Kier alpha value is -7.64. The van der Waals surface area contributed by atoms with Crippen molar-refractivity contribution in [3.05, 3.63) is 95.2 Å². The van der Waals surface area contributed by atoms with Gasteiger partial charge in [-0.05, 0) is 95.2 Å². The lowest BCUT2D eigenvalue weighted by Gasteiger charge is -2.32. The maximum Gasteiger partial charge on any atom is 0.230 e. The average Bonchev–Trinajstić information content (AvgIpc) is 1.81. The number of anilines is 6. The monoisotopic (exact) mass is 1390 g/mol. The van der Waals surface area contributed by atoms with Gasteiger partial charge in [0.2, 0.25) is 35.5 Å². The minimum absolute atomic E-state index is 0.225. The standard InChI is InChI=1S/C24H28N6O3S.C23H28N6O3S.C21H30N6O3S/c31-34-15-10-19-20(34)22(25-18-8-13-32-14-9-18)28-24(26-19)30-11-6-17(7-12-30)23-27-21(29-33-23)16-4-2-1-3-5-16;30-33-13-7-17-21(33)22(24-16-5-11-31-12-6-16)26-23(25-17)29-8-3-15(4-9-29)18-14-19(28-27-18)20-2-1-10-32-20;1-13(2)18-24-20(30-26-18)14-3-8-27(9-4-14)21-23-16-7-12-31(28)17(16)19(25-21)22-15-5-10-29-11-6-15/h1-5,17-18H,6-15H2,(H,25,26,28);1-2,10,14-16H,3-9,11-13H2,(H,27,28)(H,24,25,26);13-15H,3-12H2,1-2H3,(H,22,23,25). The first-order valence-electron chi connectivity index (χ1n) is 35.0. The van der Waals surface area contributed by atoms with E-state index in [1.165, 1.54) is 0 Å². The van der Waals surface area contributed by atoms with Crippen LogP contribution in [0.25, 0.3) is 22.8 Å². The van der Waals surface area contributed by atoms with Crippen molar-refractivity contribution in [1.29, 1.82) is 0 Å². The van der Waals surface area contributed by atoms with Crippen molar-refractivity contribution in [3.8, 4) is 22.8 Å². The van der Waals surface area contributed by atoms with Gasteiger partial charge in [-0.25, -0.2) is 15.0 Å². The first kappa shape index (κ1) is 66.3. The molecule has 3 unspecified atom stereocenters. The van der Waals surface area contributed by atoms with Crippen LogP contribution in [0.4, 0.5) is 35.3 Å². The number of fused-ring (bicyclic) bond motifs is 3. The number of ether oxygens (including phenoxy) is 3. The van der Waals surface area contributed by atoms with Crippen LogP contribution in [0.3, 0.4) is 0 Å². The predicted molar refractivity (Wildman–Crippen MR) is 370 cm³/mol. The summed E-state index contributed by atoms with van der Waals surface area (Å²) in [7, 11) is -3.08. The first-order valence-corrected chi connectivity index (χ1v) is 39.0. The Morgan fingerprint density at radius 1 is 0.490 bits per heavy atom. The number of aromatic amines is 1. The third kappa shape index (κ3) is 15.1. The molecule has 0 aliphatic carbocycles. The second kappa shape index (κ2) is 30.5. The van der Waals surface area contributed by atoms with Gasteiger partial charge in [0, 0.05) is 168 Å². The number of aromatic nitrogens is 12. The quantitative estimate of drug-likeness (QED) is 0.0744. The van der Waals surface area contributed by atoms with E-state index in [1.807, 2.05) is 42.5 Å². The van der Waals surface area contributed by atoms with Gasteiger partial charge < -0.3 is 58.3 Å². The second-order valence-corrected chi connectivity index (χ2v) is 31.4. The zero-order chi connectivity index (χ0) is 66.5. The summed E-state index contributed by atoms with van der Waals surface area (Å²) >= 11 is 0. The van der Waals surface area contributed by atoms with E-state index in [-0.39, 0.29) is 17.8 Å². The number of nitrogens with one attached hydrogen (secondary N) is 4. The molecule has 6 fully saturated rings. The normalized spacial score (nSPS) is 22.1. The molecule has 98 heavy (non-hydrogen) atoms. The number of nitrogens with zero attached hydrogens (tertiary/aromatic N) is 14. The molecule has 6 saturated heterocycles. The molecule has 7 aromatic heterocycles. The summed E-state index contributed by atoms with van der Waals surface area (Å²) in [5, 5.41) is 26.6. The highest BCUT2D eigenvalue weighted by atomic mass is 32.2. The molecule has 17 rings (SSSR count). The lowest BCUT2D eigenvalue weighted by Crippen LogP contribution is -2.35. The number of piperidine rings is 3. The summed E-state index contributed by atoms with van der Waals surface area (Å²) in [5.74, 6) is 11.2. The Balaban J connectivity index is 0.000000120. The SMILES string of the molecule is CC(C)c1noc(C2CCN(c3nc4c(c(NC5CCOCC5)n3)S(=O)CC4)CC2)n1.O=S1CCc2nc(N3CCC(c4cc(-c5ccco5)n[nH]4)CC3)nc(NC3CCOCC3)c21.O=S1CCc2nc(N3CCC(c4nc(-c5ccccc5)no4)CC3)nc(NC3CCOCC3)c21. The van der Waals surface area contributed by atoms with Crippen molar-refractivity contribution in [1.82, 2.24) is 60.4 Å². The molecule has 27 nitrogen and oxygen atoms in total. The molecule has 520 valence electrons. The van der Waals surface area contributed by atoms with Gasteiger partial charge in [-0.2, -0.15) is 30.0 Å². The molecule has 1 aromatic carbocycles. The van der Waals surface area contributed by atoms with Crippen LogP contribution < -0.4 is 30.7 Å². The Kier molecular flexibility index (Phi) is 20.6. The van der Waals surface area contributed by atoms with Gasteiger partial charge in [0.05, 0.1) is 55.7 Å². The Morgan fingerprint density at radius 3 is 1.34 bits per heavy atom. The van der Waals surface area contributed by atoms with Crippen molar-refractivity contribution < 1.29 is 40.3 Å². The Morgan fingerprint density at radius 2 is 0.918 bits per heavy atom. The van der Waals surface area contributed by atoms with Crippen LogP contribution in [0, 0.1) is 0 Å². The van der Waals surface area contributed by atoms with E-state index in [0.717, 1.165) is 277 Å². The van der Waals surface area contributed by atoms with E-state index in [0.29, 0.717) is 53.0 Å². The van der Waals surface area contributed by atoms with E-state index >= 15 is 0 Å². The van der Waals surface area contributed by atoms with E-state index in [9.17, 15) is 12.6 Å². The number of H-pyrrole nitrogens is 1. The van der Waals surface area contributed by atoms with Gasteiger partial charge in [-0.1, -0.05) is 54.5 Å². The summed E-state index contributed by atoms with van der Waals surface area (Å²) < 4.78 is 70.9. The number of hydrogen-bond acceptors (Lipinski definition) is 26. The number of furan rings is 1. The zero-order valence-corrected chi connectivity index (χ0v) is 58.1. The highest BCUT2D eigenvalue weighted by molar-refractivity contribution is 7.86. The van der Waals surface area contributed by atoms with Crippen LogP contribution in [0.2, 0.25) is 0 Å². The van der Waals surface area contributed by atoms with E-state index in [4.69, 9.17) is 57.6 Å². The summed E-state index contributed by atoms with van der Waals surface area (Å²) in [6, 6.07) is 16.7. The summed E-state index contributed by atoms with van der Waals surface area (Å²) in [5.41, 5.74) is 5.74. The van der Waals surface area contributed by atoms with Crippen molar-refractivity contribution >= 4 is 67.7 Å². The van der Waals surface area contributed by atoms with Gasteiger partial charge in [-0.3, -0.25) is 17.7 Å². The number of aryl methyl sites for hydroxylation is 3. The predicted octanol–water partition coefficient (Wildman–Crippen LogP) is 8.89. The van der Waals surface area contributed by atoms with Crippen molar-refractivity contribution in [2.45, 2.75) is 167 Å². The van der Waals surface area contributed by atoms with Crippen LogP contribution in [-0.4, -0.2) is 187 Å². The van der Waals surface area contributed by atoms with Crippen LogP contribution in [0.5, 0.6) is 0 Å². The number of hydrogen-bond donors (Lipinski definition) is 4. The van der Waals surface area contributed by atoms with Gasteiger partial charge in [-0.15, -0.1) is 0 Å². The Bertz CT molecular complexity index is 4080. The number of rotatable bonds is 15. The molecule has 9 aliphatic heterocycles. The van der Waals surface area contributed by atoms with E-state index < -0.39 is 32.4 Å². The second-order valence-electron chi connectivity index (χ2n) is 26.9. The van der Waals surface area contributed by atoms with Crippen LogP contribution in [0.15, 0.2) is 82.9 Å². The fourth-order valence-corrected chi connectivity index (χ4v) is 18.2. The minimum Gasteiger partial charge on any atom is -0.463 e. The number of benzene rings is 1. The lowest BCUT2D eigenvalue weighted by atomic mass is 9.93. The minimum atomic E-state index is -1.04. The molecule has 0 radical (unpaired) electrons. The van der Waals surface area contributed by atoms with Crippen LogP contribution in [0.1, 0.15) is 155 Å². The molecule has 0 spiro atoms.